The van der Waals surface area contributed by atoms with Crippen molar-refractivity contribution in [3.05, 3.63) is 62.9 Å². The van der Waals surface area contributed by atoms with Gasteiger partial charge in [-0.3, -0.25) is 4.79 Å². The lowest BCUT2D eigenvalue weighted by atomic mass is 9.76. The molecule has 152 valence electrons. The standard InChI is InChI=1S/C24H22N2O4/c1-2-24(29)17-10-19-21-15(11-26(19)22(27)16(17)12-30-23(24)28)20(13-6-5-7-13)14-8-3-4-9-18(14)25-21/h3-4,8-10,13,29H,2,5-7,11-12H2,1H3/t24-/m0/s1. The van der Waals surface area contributed by atoms with E-state index in [-0.39, 0.29) is 18.6 Å². The number of cyclic esters (lactones) is 1. The first kappa shape index (κ1) is 17.8. The van der Waals surface area contributed by atoms with Crippen LogP contribution in [0.1, 0.15) is 60.8 Å². The first-order valence-corrected chi connectivity index (χ1v) is 10.6. The van der Waals surface area contributed by atoms with Crippen LogP contribution in [0, 0.1) is 0 Å². The van der Waals surface area contributed by atoms with Crippen molar-refractivity contribution in [1.82, 2.24) is 9.55 Å². The van der Waals surface area contributed by atoms with Crippen molar-refractivity contribution in [2.24, 2.45) is 0 Å². The molecule has 0 amide bonds. The topological polar surface area (TPSA) is 81.4 Å². The zero-order chi connectivity index (χ0) is 20.6. The van der Waals surface area contributed by atoms with Gasteiger partial charge < -0.3 is 14.4 Å². The van der Waals surface area contributed by atoms with Crippen molar-refractivity contribution in [3.63, 3.8) is 0 Å². The second-order valence-electron chi connectivity index (χ2n) is 8.60. The van der Waals surface area contributed by atoms with Crippen LogP contribution >= 0.6 is 0 Å². The fraction of sp³-hybridized carbons (Fsp3) is 0.375. The summed E-state index contributed by atoms with van der Waals surface area (Å²) in [5.41, 5.74) is 3.54. The van der Waals surface area contributed by atoms with Crippen molar-refractivity contribution in [3.8, 4) is 11.4 Å². The monoisotopic (exact) mass is 402 g/mol. The second kappa shape index (κ2) is 6.01. The average molecular weight is 402 g/mol. The Hall–Kier alpha value is -2.99. The van der Waals surface area contributed by atoms with Crippen LogP contribution in [0.15, 0.2) is 35.1 Å². The van der Waals surface area contributed by atoms with E-state index in [9.17, 15) is 14.7 Å². The van der Waals surface area contributed by atoms with E-state index in [1.54, 1.807) is 17.6 Å². The van der Waals surface area contributed by atoms with Gasteiger partial charge in [0.25, 0.3) is 5.56 Å². The maximum absolute atomic E-state index is 13.4. The molecule has 1 aromatic carbocycles. The third-order valence-electron chi connectivity index (χ3n) is 7.15. The molecule has 30 heavy (non-hydrogen) atoms. The summed E-state index contributed by atoms with van der Waals surface area (Å²) in [4.78, 5) is 30.6. The Labute approximate surface area is 173 Å². The molecule has 0 unspecified atom stereocenters. The quantitative estimate of drug-likeness (QED) is 0.520. The van der Waals surface area contributed by atoms with Gasteiger partial charge in [-0.05, 0) is 42.9 Å². The maximum Gasteiger partial charge on any atom is 0.343 e. The van der Waals surface area contributed by atoms with E-state index in [1.165, 1.54) is 12.0 Å². The lowest BCUT2D eigenvalue weighted by Crippen LogP contribution is -2.44. The highest BCUT2D eigenvalue weighted by molar-refractivity contribution is 5.89. The average Bonchev–Trinajstić information content (AvgIpc) is 3.08. The summed E-state index contributed by atoms with van der Waals surface area (Å²) in [5.74, 6) is -0.203. The van der Waals surface area contributed by atoms with Gasteiger partial charge in [0, 0.05) is 16.5 Å². The van der Waals surface area contributed by atoms with Gasteiger partial charge in [-0.25, -0.2) is 9.78 Å². The number of hydrogen-bond donors (Lipinski definition) is 1. The van der Waals surface area contributed by atoms with E-state index in [0.717, 1.165) is 35.0 Å². The van der Waals surface area contributed by atoms with Gasteiger partial charge >= 0.3 is 5.97 Å². The molecular formula is C24H22N2O4. The van der Waals surface area contributed by atoms with E-state index < -0.39 is 11.6 Å². The van der Waals surface area contributed by atoms with Crippen LogP contribution in [0.3, 0.4) is 0 Å². The minimum atomic E-state index is -1.79. The number of carbonyl (C=O) groups is 1. The first-order valence-electron chi connectivity index (χ1n) is 10.6. The molecule has 0 spiro atoms. The molecule has 2 aromatic heterocycles. The van der Waals surface area contributed by atoms with Crippen molar-refractivity contribution in [2.75, 3.05) is 0 Å². The largest absolute Gasteiger partial charge is 0.458 e. The van der Waals surface area contributed by atoms with Crippen LogP contribution in [0.25, 0.3) is 22.3 Å². The van der Waals surface area contributed by atoms with E-state index in [2.05, 4.69) is 6.07 Å². The van der Waals surface area contributed by atoms with Gasteiger partial charge in [0.05, 0.1) is 29.0 Å². The molecule has 6 heteroatoms. The number of fused-ring (bicyclic) bond motifs is 5. The number of hydrogen-bond acceptors (Lipinski definition) is 5. The Morgan fingerprint density at radius 2 is 2.03 bits per heavy atom. The summed E-state index contributed by atoms with van der Waals surface area (Å²) >= 11 is 0. The molecule has 0 radical (unpaired) electrons. The maximum atomic E-state index is 13.4. The van der Waals surface area contributed by atoms with E-state index in [0.29, 0.717) is 29.3 Å². The predicted octanol–water partition coefficient (Wildman–Crippen LogP) is 3.35. The van der Waals surface area contributed by atoms with Crippen LogP contribution in [-0.4, -0.2) is 20.6 Å². The highest BCUT2D eigenvalue weighted by Crippen LogP contribution is 2.46. The fourth-order valence-corrected chi connectivity index (χ4v) is 5.22. The van der Waals surface area contributed by atoms with Gasteiger partial charge in [0.1, 0.15) is 6.61 Å². The third kappa shape index (κ3) is 2.14. The summed E-state index contributed by atoms with van der Waals surface area (Å²) in [5, 5.41) is 12.2. The highest BCUT2D eigenvalue weighted by atomic mass is 16.6. The molecule has 2 aliphatic heterocycles. The van der Waals surface area contributed by atoms with Gasteiger partial charge in [0.15, 0.2) is 5.60 Å². The minimum absolute atomic E-state index is 0.100. The molecule has 1 aliphatic carbocycles. The number of nitrogens with zero attached hydrogens (tertiary/aromatic N) is 2. The summed E-state index contributed by atoms with van der Waals surface area (Å²) < 4.78 is 6.89. The number of para-hydroxylation sites is 1. The Balaban J connectivity index is 1.66. The zero-order valence-electron chi connectivity index (χ0n) is 16.8. The van der Waals surface area contributed by atoms with Crippen molar-refractivity contribution in [1.29, 1.82) is 0 Å². The number of aromatic nitrogens is 2. The predicted molar refractivity (Wildman–Crippen MR) is 111 cm³/mol. The highest BCUT2D eigenvalue weighted by Gasteiger charge is 2.45. The Kier molecular flexibility index (Phi) is 3.58. The Morgan fingerprint density at radius 3 is 2.77 bits per heavy atom. The molecule has 3 aromatic rings. The van der Waals surface area contributed by atoms with E-state index in [4.69, 9.17) is 9.72 Å². The number of pyridine rings is 2. The third-order valence-corrected chi connectivity index (χ3v) is 7.15. The molecule has 0 bridgehead atoms. The second-order valence-corrected chi connectivity index (χ2v) is 8.60. The number of carbonyl (C=O) groups excluding carboxylic acids is 1. The number of benzene rings is 1. The normalized spacial score (nSPS) is 22.3. The molecule has 4 heterocycles. The van der Waals surface area contributed by atoms with Crippen molar-refractivity contribution < 1.29 is 14.6 Å². The van der Waals surface area contributed by atoms with Crippen LogP contribution < -0.4 is 5.56 Å². The molecule has 1 fully saturated rings. The Morgan fingerprint density at radius 1 is 1.23 bits per heavy atom. The van der Waals surface area contributed by atoms with E-state index in [1.807, 2.05) is 18.2 Å². The molecule has 6 nitrogen and oxygen atoms in total. The SMILES string of the molecule is CC[C@@]1(O)C(=O)OCc2c1cc1n(c2=O)Cc2c-1nc1ccccc1c2C1CCC1. The lowest BCUT2D eigenvalue weighted by molar-refractivity contribution is -0.172. The number of esters is 1. The molecule has 3 aliphatic rings. The fourth-order valence-electron chi connectivity index (χ4n) is 5.22. The number of aliphatic hydroxyl groups is 1. The summed E-state index contributed by atoms with van der Waals surface area (Å²) in [6.07, 6.45) is 3.67. The first-order chi connectivity index (χ1) is 14.5. The molecule has 1 atom stereocenters. The van der Waals surface area contributed by atoms with Crippen LogP contribution in [0.2, 0.25) is 0 Å². The van der Waals surface area contributed by atoms with Gasteiger partial charge in [0.2, 0.25) is 0 Å². The molecule has 1 saturated carbocycles. The lowest BCUT2D eigenvalue weighted by Gasteiger charge is -2.31. The number of ether oxygens (including phenoxy) is 1. The summed E-state index contributed by atoms with van der Waals surface area (Å²) in [6.45, 7) is 2.09. The van der Waals surface area contributed by atoms with Crippen LogP contribution in [0.5, 0.6) is 0 Å². The van der Waals surface area contributed by atoms with Crippen LogP contribution in [0.4, 0.5) is 0 Å². The van der Waals surface area contributed by atoms with Crippen molar-refractivity contribution in [2.45, 2.75) is 57.3 Å². The summed E-state index contributed by atoms with van der Waals surface area (Å²) in [6, 6.07) is 9.94. The zero-order valence-corrected chi connectivity index (χ0v) is 16.8. The minimum Gasteiger partial charge on any atom is -0.458 e. The smallest absolute Gasteiger partial charge is 0.343 e. The van der Waals surface area contributed by atoms with E-state index >= 15 is 0 Å². The van der Waals surface area contributed by atoms with Gasteiger partial charge in [-0.1, -0.05) is 31.5 Å². The number of rotatable bonds is 2. The molecular weight excluding hydrogens is 380 g/mol. The van der Waals surface area contributed by atoms with Gasteiger partial charge in [-0.15, -0.1) is 0 Å². The molecule has 6 rings (SSSR count). The van der Waals surface area contributed by atoms with Crippen LogP contribution in [-0.2, 0) is 28.3 Å². The summed E-state index contributed by atoms with van der Waals surface area (Å²) in [7, 11) is 0. The van der Waals surface area contributed by atoms with Gasteiger partial charge in [-0.2, -0.15) is 0 Å². The molecule has 1 N–H and O–H groups in total. The molecule has 0 saturated heterocycles. The Bertz CT molecular complexity index is 1300. The van der Waals surface area contributed by atoms with Crippen molar-refractivity contribution >= 4 is 16.9 Å².